The highest BCUT2D eigenvalue weighted by Crippen LogP contribution is 2.25. The van der Waals surface area contributed by atoms with Crippen LogP contribution in [0.15, 0.2) is 5.38 Å². The van der Waals surface area contributed by atoms with Gasteiger partial charge in [-0.25, -0.2) is 0 Å². The normalized spacial score (nSPS) is 19.2. The number of rotatable bonds is 3. The number of aryl methyl sites for hydroxylation is 1. The van der Waals surface area contributed by atoms with Crippen molar-refractivity contribution in [3.63, 3.8) is 0 Å². The highest BCUT2D eigenvalue weighted by atomic mass is 32.1. The average molecular weight is 237 g/mol. The molecule has 1 saturated heterocycles. The zero-order chi connectivity index (χ0) is 11.5. The third-order valence-electron chi connectivity index (χ3n) is 3.81. The van der Waals surface area contributed by atoms with Crippen LogP contribution in [-0.4, -0.2) is 18.0 Å². The van der Waals surface area contributed by atoms with Gasteiger partial charge < -0.3 is 0 Å². The van der Waals surface area contributed by atoms with E-state index in [1.54, 1.807) is 11.1 Å². The topological polar surface area (TPSA) is 3.24 Å². The molecule has 1 nitrogen and oxygen atoms in total. The third kappa shape index (κ3) is 2.67. The van der Waals surface area contributed by atoms with E-state index in [-0.39, 0.29) is 0 Å². The first-order valence-electron chi connectivity index (χ1n) is 6.49. The highest BCUT2D eigenvalue weighted by Gasteiger charge is 2.17. The molecule has 0 atom stereocenters. The van der Waals surface area contributed by atoms with Crippen molar-refractivity contribution in [1.82, 2.24) is 4.90 Å². The van der Waals surface area contributed by atoms with Crippen LogP contribution < -0.4 is 0 Å². The van der Waals surface area contributed by atoms with Gasteiger partial charge in [-0.3, -0.25) is 4.90 Å². The summed E-state index contributed by atoms with van der Waals surface area (Å²) in [7, 11) is 0. The van der Waals surface area contributed by atoms with Crippen molar-refractivity contribution in [2.45, 2.75) is 46.6 Å². The van der Waals surface area contributed by atoms with Crippen molar-refractivity contribution in [3.05, 3.63) is 21.4 Å². The molecule has 0 unspecified atom stereocenters. The lowest BCUT2D eigenvalue weighted by molar-refractivity contribution is 0.185. The number of thiophene rings is 1. The Hall–Kier alpha value is -0.340. The lowest BCUT2D eigenvalue weighted by atomic mass is 9.98. The summed E-state index contributed by atoms with van der Waals surface area (Å²) in [4.78, 5) is 4.14. The van der Waals surface area contributed by atoms with Gasteiger partial charge in [-0.05, 0) is 61.7 Å². The summed E-state index contributed by atoms with van der Waals surface area (Å²) in [6, 6.07) is 0. The maximum Gasteiger partial charge on any atom is 0.0244 e. The molecule has 1 aromatic rings. The predicted octanol–water partition coefficient (Wildman–Crippen LogP) is 3.85. The second kappa shape index (κ2) is 5.33. The first kappa shape index (κ1) is 12.1. The Labute approximate surface area is 103 Å². The van der Waals surface area contributed by atoms with Gasteiger partial charge in [-0.15, -0.1) is 11.3 Å². The monoisotopic (exact) mass is 237 g/mol. The second-order valence-corrected chi connectivity index (χ2v) is 6.19. The molecule has 0 spiro atoms. The Morgan fingerprint density at radius 1 is 1.38 bits per heavy atom. The van der Waals surface area contributed by atoms with Crippen LogP contribution in [0.25, 0.3) is 0 Å². The van der Waals surface area contributed by atoms with Crippen LogP contribution in [0.5, 0.6) is 0 Å². The molecule has 1 fully saturated rings. The van der Waals surface area contributed by atoms with Crippen LogP contribution >= 0.6 is 11.3 Å². The van der Waals surface area contributed by atoms with Gasteiger partial charge >= 0.3 is 0 Å². The van der Waals surface area contributed by atoms with E-state index in [0.29, 0.717) is 0 Å². The minimum absolute atomic E-state index is 0.936. The van der Waals surface area contributed by atoms with Gasteiger partial charge in [0.1, 0.15) is 0 Å². The molecule has 0 bridgehead atoms. The summed E-state index contributed by atoms with van der Waals surface area (Å²) in [5.74, 6) is 0.936. The Balaban J connectivity index is 1.98. The first-order chi connectivity index (χ1) is 7.70. The fourth-order valence-corrected chi connectivity index (χ4v) is 3.55. The van der Waals surface area contributed by atoms with E-state index in [4.69, 9.17) is 0 Å². The average Bonchev–Trinajstić information content (AvgIpc) is 2.63. The summed E-state index contributed by atoms with van der Waals surface area (Å²) in [6.45, 7) is 10.7. The Kier molecular flexibility index (Phi) is 4.04. The van der Waals surface area contributed by atoms with Gasteiger partial charge in [0.15, 0.2) is 0 Å². The third-order valence-corrected chi connectivity index (χ3v) is 4.82. The van der Waals surface area contributed by atoms with Crippen molar-refractivity contribution in [2.24, 2.45) is 5.92 Å². The molecule has 1 aromatic heterocycles. The first-order valence-corrected chi connectivity index (χ1v) is 7.36. The van der Waals surface area contributed by atoms with Crippen molar-refractivity contribution in [1.29, 1.82) is 0 Å². The standard InChI is InChI=1S/C14H23NS/c1-4-14-12(3)16-10-13(14)9-15-7-5-11(2)6-8-15/h10-11H,4-9H2,1-3H3. The minimum Gasteiger partial charge on any atom is -0.299 e. The van der Waals surface area contributed by atoms with Gasteiger partial charge in [0.25, 0.3) is 0 Å². The molecule has 1 aliphatic heterocycles. The minimum atomic E-state index is 0.936. The fraction of sp³-hybridized carbons (Fsp3) is 0.714. The Morgan fingerprint density at radius 3 is 2.69 bits per heavy atom. The van der Waals surface area contributed by atoms with Crippen LogP contribution in [0.2, 0.25) is 0 Å². The molecule has 0 N–H and O–H groups in total. The summed E-state index contributed by atoms with van der Waals surface area (Å²) in [5.41, 5.74) is 3.18. The molecule has 2 rings (SSSR count). The van der Waals surface area contributed by atoms with E-state index < -0.39 is 0 Å². The lowest BCUT2D eigenvalue weighted by Crippen LogP contribution is -2.32. The van der Waals surface area contributed by atoms with Gasteiger partial charge in [-0.2, -0.15) is 0 Å². The van der Waals surface area contributed by atoms with E-state index in [1.807, 2.05) is 11.3 Å². The molecular formula is C14H23NS. The Bertz CT molecular complexity index is 335. The number of likely N-dealkylation sites (tertiary alicyclic amines) is 1. The fourth-order valence-electron chi connectivity index (χ4n) is 2.60. The maximum atomic E-state index is 2.63. The van der Waals surface area contributed by atoms with Crippen LogP contribution in [0.3, 0.4) is 0 Å². The summed E-state index contributed by atoms with van der Waals surface area (Å²) < 4.78 is 0. The van der Waals surface area contributed by atoms with E-state index in [9.17, 15) is 0 Å². The van der Waals surface area contributed by atoms with E-state index >= 15 is 0 Å². The molecule has 2 heterocycles. The van der Waals surface area contributed by atoms with Gasteiger partial charge in [0.05, 0.1) is 0 Å². The van der Waals surface area contributed by atoms with E-state index in [0.717, 1.165) is 5.92 Å². The zero-order valence-electron chi connectivity index (χ0n) is 10.8. The van der Waals surface area contributed by atoms with Crippen molar-refractivity contribution < 1.29 is 0 Å². The largest absolute Gasteiger partial charge is 0.299 e. The van der Waals surface area contributed by atoms with Gasteiger partial charge in [-0.1, -0.05) is 13.8 Å². The Morgan fingerprint density at radius 2 is 2.06 bits per heavy atom. The van der Waals surface area contributed by atoms with E-state index in [1.165, 1.54) is 43.8 Å². The van der Waals surface area contributed by atoms with Crippen LogP contribution in [0.1, 0.15) is 42.7 Å². The summed E-state index contributed by atoms with van der Waals surface area (Å²) in [6.07, 6.45) is 3.95. The van der Waals surface area contributed by atoms with Gasteiger partial charge in [0.2, 0.25) is 0 Å². The van der Waals surface area contributed by atoms with Crippen molar-refractivity contribution in [3.8, 4) is 0 Å². The summed E-state index contributed by atoms with van der Waals surface area (Å²) >= 11 is 1.92. The molecule has 1 aliphatic rings. The molecule has 2 heteroatoms. The van der Waals surface area contributed by atoms with E-state index in [2.05, 4.69) is 31.1 Å². The predicted molar refractivity (Wildman–Crippen MR) is 72.1 cm³/mol. The molecule has 0 saturated carbocycles. The maximum absolute atomic E-state index is 2.63. The molecule has 0 aromatic carbocycles. The highest BCUT2D eigenvalue weighted by molar-refractivity contribution is 7.10. The number of piperidine rings is 1. The molecule has 0 aliphatic carbocycles. The smallest absolute Gasteiger partial charge is 0.0244 e. The molecule has 16 heavy (non-hydrogen) atoms. The SMILES string of the molecule is CCc1c(CN2CCC(C)CC2)csc1C. The van der Waals surface area contributed by atoms with Crippen LogP contribution in [0.4, 0.5) is 0 Å². The molecular weight excluding hydrogens is 214 g/mol. The van der Waals surface area contributed by atoms with Gasteiger partial charge in [0, 0.05) is 11.4 Å². The molecule has 0 radical (unpaired) electrons. The van der Waals surface area contributed by atoms with Crippen molar-refractivity contribution >= 4 is 11.3 Å². The number of hydrogen-bond acceptors (Lipinski definition) is 2. The molecule has 0 amide bonds. The van der Waals surface area contributed by atoms with Crippen LogP contribution in [-0.2, 0) is 13.0 Å². The molecule has 90 valence electrons. The van der Waals surface area contributed by atoms with Crippen molar-refractivity contribution in [2.75, 3.05) is 13.1 Å². The second-order valence-electron chi connectivity index (χ2n) is 5.11. The number of hydrogen-bond donors (Lipinski definition) is 0. The summed E-state index contributed by atoms with van der Waals surface area (Å²) in [5, 5.41) is 2.37. The lowest BCUT2D eigenvalue weighted by Gasteiger charge is -2.30. The zero-order valence-corrected chi connectivity index (χ0v) is 11.6. The number of nitrogens with zero attached hydrogens (tertiary/aromatic N) is 1. The quantitative estimate of drug-likeness (QED) is 0.772. The van der Waals surface area contributed by atoms with Crippen LogP contribution in [0, 0.1) is 12.8 Å².